The molecular weight excluding hydrogens is 254 g/mol. The first-order chi connectivity index (χ1) is 8.40. The van der Waals surface area contributed by atoms with Crippen LogP contribution in [0.1, 0.15) is 31.2 Å². The number of benzene rings is 1. The summed E-state index contributed by atoms with van der Waals surface area (Å²) in [5, 5.41) is 8.69. The smallest absolute Gasteiger partial charge is 0.321 e. The maximum Gasteiger partial charge on any atom is 0.321 e. The molecular formula is C12H15NO4S. The third-order valence-electron chi connectivity index (χ3n) is 2.94. The van der Waals surface area contributed by atoms with Crippen LogP contribution in [0.5, 0.6) is 0 Å². The fourth-order valence-electron chi connectivity index (χ4n) is 1.69. The SMILES string of the molecule is C[C@H](NS(=O)(=O)c1ccc(C2CC2)cc1)C(=O)O. The molecule has 1 aliphatic carbocycles. The molecule has 2 rings (SSSR count). The Morgan fingerprint density at radius 3 is 2.33 bits per heavy atom. The van der Waals surface area contributed by atoms with Crippen molar-refractivity contribution in [2.24, 2.45) is 0 Å². The first kappa shape index (κ1) is 13.0. The average Bonchev–Trinajstić information content (AvgIpc) is 3.12. The monoisotopic (exact) mass is 269 g/mol. The highest BCUT2D eigenvalue weighted by atomic mass is 32.2. The fourth-order valence-corrected chi connectivity index (χ4v) is 2.88. The van der Waals surface area contributed by atoms with E-state index in [2.05, 4.69) is 4.72 Å². The second kappa shape index (κ2) is 4.70. The van der Waals surface area contributed by atoms with E-state index in [0.29, 0.717) is 5.92 Å². The predicted octanol–water partition coefficient (Wildman–Crippen LogP) is 1.32. The normalized spacial score (nSPS) is 17.4. The van der Waals surface area contributed by atoms with Crippen LogP contribution in [0.3, 0.4) is 0 Å². The summed E-state index contributed by atoms with van der Waals surface area (Å²) in [4.78, 5) is 10.7. The molecule has 6 heteroatoms. The molecule has 98 valence electrons. The zero-order chi connectivity index (χ0) is 13.3. The minimum Gasteiger partial charge on any atom is -0.480 e. The number of aliphatic carboxylic acids is 1. The Balaban J connectivity index is 2.16. The van der Waals surface area contributed by atoms with Gasteiger partial charge in [-0.3, -0.25) is 4.79 Å². The summed E-state index contributed by atoms with van der Waals surface area (Å²) in [6.07, 6.45) is 2.31. The quantitative estimate of drug-likeness (QED) is 0.844. The van der Waals surface area contributed by atoms with E-state index in [1.54, 1.807) is 12.1 Å². The van der Waals surface area contributed by atoms with Gasteiger partial charge in [-0.05, 0) is 43.4 Å². The molecule has 0 spiro atoms. The number of hydrogen-bond donors (Lipinski definition) is 2. The Hall–Kier alpha value is -1.40. The van der Waals surface area contributed by atoms with Gasteiger partial charge < -0.3 is 5.11 Å². The molecule has 0 aliphatic heterocycles. The van der Waals surface area contributed by atoms with Crippen LogP contribution >= 0.6 is 0 Å². The van der Waals surface area contributed by atoms with Crippen molar-refractivity contribution in [3.05, 3.63) is 29.8 Å². The van der Waals surface area contributed by atoms with E-state index in [-0.39, 0.29) is 4.90 Å². The Kier molecular flexibility index (Phi) is 3.41. The van der Waals surface area contributed by atoms with Crippen LogP contribution in [0, 0.1) is 0 Å². The summed E-state index contributed by atoms with van der Waals surface area (Å²) in [5.74, 6) is -0.638. The molecule has 18 heavy (non-hydrogen) atoms. The van der Waals surface area contributed by atoms with Crippen molar-refractivity contribution < 1.29 is 18.3 Å². The van der Waals surface area contributed by atoms with Gasteiger partial charge in [0, 0.05) is 0 Å². The lowest BCUT2D eigenvalue weighted by Gasteiger charge is -2.10. The summed E-state index contributed by atoms with van der Waals surface area (Å²) in [6, 6.07) is 5.47. The highest BCUT2D eigenvalue weighted by Crippen LogP contribution is 2.40. The highest BCUT2D eigenvalue weighted by Gasteiger charge is 2.25. The van der Waals surface area contributed by atoms with Gasteiger partial charge in [-0.1, -0.05) is 12.1 Å². The molecule has 0 radical (unpaired) electrons. The number of rotatable bonds is 5. The molecule has 0 bridgehead atoms. The topological polar surface area (TPSA) is 83.5 Å². The molecule has 0 heterocycles. The zero-order valence-electron chi connectivity index (χ0n) is 9.96. The third-order valence-corrected chi connectivity index (χ3v) is 4.50. The Labute approximate surface area is 106 Å². The van der Waals surface area contributed by atoms with Gasteiger partial charge in [0.15, 0.2) is 0 Å². The average molecular weight is 269 g/mol. The predicted molar refractivity (Wildman–Crippen MR) is 65.8 cm³/mol. The zero-order valence-corrected chi connectivity index (χ0v) is 10.8. The molecule has 0 amide bonds. The van der Waals surface area contributed by atoms with E-state index in [1.807, 2.05) is 0 Å². The van der Waals surface area contributed by atoms with Crippen molar-refractivity contribution in [3.8, 4) is 0 Å². The van der Waals surface area contributed by atoms with Crippen LogP contribution in [0.25, 0.3) is 0 Å². The van der Waals surface area contributed by atoms with E-state index in [4.69, 9.17) is 5.11 Å². The summed E-state index contributed by atoms with van der Waals surface area (Å²) in [6.45, 7) is 1.29. The molecule has 5 nitrogen and oxygen atoms in total. The van der Waals surface area contributed by atoms with Crippen LogP contribution < -0.4 is 4.72 Å². The Bertz CT molecular complexity index is 546. The van der Waals surface area contributed by atoms with Crippen LogP contribution in [0.4, 0.5) is 0 Å². The fraction of sp³-hybridized carbons (Fsp3) is 0.417. The molecule has 1 atom stereocenters. The number of nitrogens with one attached hydrogen (secondary N) is 1. The first-order valence-electron chi connectivity index (χ1n) is 5.75. The summed E-state index contributed by atoms with van der Waals surface area (Å²) < 4.78 is 25.8. The van der Waals surface area contributed by atoms with E-state index >= 15 is 0 Å². The van der Waals surface area contributed by atoms with Crippen molar-refractivity contribution in [2.45, 2.75) is 36.6 Å². The Morgan fingerprint density at radius 1 is 1.33 bits per heavy atom. The summed E-state index contributed by atoms with van der Waals surface area (Å²) in [7, 11) is -3.76. The van der Waals surface area contributed by atoms with Gasteiger partial charge in [-0.2, -0.15) is 4.72 Å². The van der Waals surface area contributed by atoms with Gasteiger partial charge >= 0.3 is 5.97 Å². The van der Waals surface area contributed by atoms with Gasteiger partial charge in [-0.25, -0.2) is 8.42 Å². The number of carboxylic acids is 1. The molecule has 1 aliphatic rings. The van der Waals surface area contributed by atoms with E-state index in [0.717, 1.165) is 18.4 Å². The second-order valence-electron chi connectivity index (χ2n) is 4.52. The number of carboxylic acid groups (broad SMARTS) is 1. The standard InChI is InChI=1S/C12H15NO4S/c1-8(12(14)15)13-18(16,17)11-6-4-10(5-7-11)9-2-3-9/h4-9,13H,2-3H2,1H3,(H,14,15)/t8-/m0/s1. The Morgan fingerprint density at radius 2 is 1.89 bits per heavy atom. The molecule has 0 unspecified atom stereocenters. The summed E-state index contributed by atoms with van der Waals surface area (Å²) in [5.41, 5.74) is 1.14. The van der Waals surface area contributed by atoms with Crippen molar-refractivity contribution >= 4 is 16.0 Å². The van der Waals surface area contributed by atoms with Crippen molar-refractivity contribution in [1.29, 1.82) is 0 Å². The maximum atomic E-state index is 11.9. The molecule has 0 aromatic heterocycles. The van der Waals surface area contributed by atoms with Gasteiger partial charge in [-0.15, -0.1) is 0 Å². The van der Waals surface area contributed by atoms with Crippen molar-refractivity contribution in [2.75, 3.05) is 0 Å². The van der Waals surface area contributed by atoms with Gasteiger partial charge in [0.05, 0.1) is 4.90 Å². The number of carbonyl (C=O) groups is 1. The van der Waals surface area contributed by atoms with Gasteiger partial charge in [0.25, 0.3) is 0 Å². The minimum absolute atomic E-state index is 0.0972. The number of hydrogen-bond acceptors (Lipinski definition) is 3. The largest absolute Gasteiger partial charge is 0.480 e. The lowest BCUT2D eigenvalue weighted by molar-refractivity contribution is -0.138. The molecule has 1 saturated carbocycles. The van der Waals surface area contributed by atoms with E-state index in [9.17, 15) is 13.2 Å². The lowest BCUT2D eigenvalue weighted by Crippen LogP contribution is -2.38. The van der Waals surface area contributed by atoms with Crippen LogP contribution in [0.15, 0.2) is 29.2 Å². The minimum atomic E-state index is -3.76. The lowest BCUT2D eigenvalue weighted by atomic mass is 10.1. The van der Waals surface area contributed by atoms with Crippen LogP contribution in [-0.4, -0.2) is 25.5 Å². The third kappa shape index (κ3) is 2.88. The van der Waals surface area contributed by atoms with E-state index in [1.165, 1.54) is 19.1 Å². The maximum absolute atomic E-state index is 11.9. The second-order valence-corrected chi connectivity index (χ2v) is 6.24. The van der Waals surface area contributed by atoms with Crippen LogP contribution in [-0.2, 0) is 14.8 Å². The molecule has 1 fully saturated rings. The highest BCUT2D eigenvalue weighted by molar-refractivity contribution is 7.89. The first-order valence-corrected chi connectivity index (χ1v) is 7.23. The molecule has 2 N–H and O–H groups in total. The number of sulfonamides is 1. The van der Waals surface area contributed by atoms with Crippen LogP contribution in [0.2, 0.25) is 0 Å². The molecule has 1 aromatic rings. The molecule has 1 aromatic carbocycles. The van der Waals surface area contributed by atoms with Gasteiger partial charge in [0.2, 0.25) is 10.0 Å². The van der Waals surface area contributed by atoms with E-state index < -0.39 is 22.0 Å². The van der Waals surface area contributed by atoms with Crippen molar-refractivity contribution in [1.82, 2.24) is 4.72 Å². The molecule has 0 saturated heterocycles. The van der Waals surface area contributed by atoms with Crippen molar-refractivity contribution in [3.63, 3.8) is 0 Å². The summed E-state index contributed by atoms with van der Waals surface area (Å²) >= 11 is 0. The van der Waals surface area contributed by atoms with Gasteiger partial charge in [0.1, 0.15) is 6.04 Å².